The van der Waals surface area contributed by atoms with Crippen molar-refractivity contribution in [2.45, 2.75) is 0 Å². The van der Waals surface area contributed by atoms with Crippen molar-refractivity contribution in [1.82, 2.24) is 0 Å². The number of hydrogen-bond acceptors (Lipinski definition) is 4. The fourth-order valence-electron chi connectivity index (χ4n) is 2.10. The van der Waals surface area contributed by atoms with Crippen LogP contribution in [0.15, 0.2) is 57.7 Å². The molecule has 1 N–H and O–H groups in total. The summed E-state index contributed by atoms with van der Waals surface area (Å²) < 4.78 is 10.3. The lowest BCUT2D eigenvalue weighted by molar-refractivity contribution is 0.415. The Hall–Kier alpha value is -2.75. The van der Waals surface area contributed by atoms with Gasteiger partial charge in [0, 0.05) is 5.39 Å². The third-order valence-corrected chi connectivity index (χ3v) is 3.14. The maximum absolute atomic E-state index is 12.0. The van der Waals surface area contributed by atoms with E-state index in [1.807, 2.05) is 0 Å². The maximum Gasteiger partial charge on any atom is 0.344 e. The molecule has 0 amide bonds. The van der Waals surface area contributed by atoms with Gasteiger partial charge in [-0.15, -0.1) is 0 Å². The number of ether oxygens (including phenoxy) is 1. The first-order chi connectivity index (χ1) is 9.69. The van der Waals surface area contributed by atoms with Gasteiger partial charge in [-0.25, -0.2) is 4.79 Å². The van der Waals surface area contributed by atoms with Crippen LogP contribution in [-0.4, -0.2) is 12.2 Å². The first-order valence-corrected chi connectivity index (χ1v) is 6.09. The van der Waals surface area contributed by atoms with E-state index < -0.39 is 5.63 Å². The lowest BCUT2D eigenvalue weighted by Crippen LogP contribution is -2.02. The van der Waals surface area contributed by atoms with Crippen molar-refractivity contribution in [2.75, 3.05) is 7.11 Å². The molecule has 0 bridgehead atoms. The van der Waals surface area contributed by atoms with Crippen LogP contribution in [-0.2, 0) is 0 Å². The molecule has 0 atom stereocenters. The predicted octanol–water partition coefficient (Wildman–Crippen LogP) is 3.17. The second-order valence-corrected chi connectivity index (χ2v) is 4.37. The van der Waals surface area contributed by atoms with Crippen LogP contribution in [0.5, 0.6) is 11.5 Å². The van der Waals surface area contributed by atoms with Crippen LogP contribution >= 0.6 is 0 Å². The summed E-state index contributed by atoms with van der Waals surface area (Å²) in [6, 6.07) is 13.8. The topological polar surface area (TPSA) is 59.7 Å². The van der Waals surface area contributed by atoms with Gasteiger partial charge in [-0.3, -0.25) is 0 Å². The Balaban J connectivity index is 2.20. The van der Waals surface area contributed by atoms with E-state index in [-0.39, 0.29) is 11.3 Å². The highest BCUT2D eigenvalue weighted by Gasteiger charge is 2.10. The number of rotatable bonds is 2. The number of para-hydroxylation sites is 1. The molecule has 2 aromatic carbocycles. The standard InChI is InChI=1S/C16H12O4/c1-19-12-7-5-10(6-8-12)13-9-11-3-2-4-14(17)15(11)20-16(13)18/h2-9,17H,1H3. The lowest BCUT2D eigenvalue weighted by atomic mass is 10.1. The first-order valence-electron chi connectivity index (χ1n) is 6.09. The molecule has 0 radical (unpaired) electrons. The second-order valence-electron chi connectivity index (χ2n) is 4.37. The molecule has 3 rings (SSSR count). The Bertz CT molecular complexity index is 816. The summed E-state index contributed by atoms with van der Waals surface area (Å²) in [5.41, 5.74) is 0.912. The third-order valence-electron chi connectivity index (χ3n) is 3.14. The van der Waals surface area contributed by atoms with Gasteiger partial charge in [0.1, 0.15) is 5.75 Å². The number of benzene rings is 2. The molecular formula is C16H12O4. The normalized spacial score (nSPS) is 10.7. The fraction of sp³-hybridized carbons (Fsp3) is 0.0625. The molecule has 0 aliphatic rings. The summed E-state index contributed by atoms with van der Waals surface area (Å²) in [7, 11) is 1.59. The number of methoxy groups -OCH3 is 1. The number of phenols is 1. The molecule has 20 heavy (non-hydrogen) atoms. The van der Waals surface area contributed by atoms with E-state index in [1.54, 1.807) is 49.6 Å². The summed E-state index contributed by atoms with van der Waals surface area (Å²) >= 11 is 0. The van der Waals surface area contributed by atoms with Crippen molar-refractivity contribution in [2.24, 2.45) is 0 Å². The van der Waals surface area contributed by atoms with Gasteiger partial charge >= 0.3 is 5.63 Å². The van der Waals surface area contributed by atoms with E-state index in [1.165, 1.54) is 6.07 Å². The Kier molecular flexibility index (Phi) is 2.91. The number of fused-ring (bicyclic) bond motifs is 1. The van der Waals surface area contributed by atoms with Gasteiger partial charge < -0.3 is 14.3 Å². The van der Waals surface area contributed by atoms with Crippen molar-refractivity contribution in [3.63, 3.8) is 0 Å². The first kappa shape index (κ1) is 12.3. The zero-order valence-corrected chi connectivity index (χ0v) is 10.8. The van der Waals surface area contributed by atoms with Crippen LogP contribution in [0, 0.1) is 0 Å². The molecule has 0 aliphatic heterocycles. The van der Waals surface area contributed by atoms with Crippen LogP contribution in [0.25, 0.3) is 22.1 Å². The average molecular weight is 268 g/mol. The molecular weight excluding hydrogens is 256 g/mol. The fourth-order valence-corrected chi connectivity index (χ4v) is 2.10. The second kappa shape index (κ2) is 4.74. The Morgan fingerprint density at radius 1 is 1.10 bits per heavy atom. The van der Waals surface area contributed by atoms with Crippen LogP contribution in [0.3, 0.4) is 0 Å². The number of aromatic hydroxyl groups is 1. The molecule has 0 fully saturated rings. The highest BCUT2D eigenvalue weighted by molar-refractivity contribution is 5.85. The van der Waals surface area contributed by atoms with Gasteiger partial charge in [0.15, 0.2) is 11.3 Å². The van der Waals surface area contributed by atoms with Gasteiger partial charge in [-0.1, -0.05) is 24.3 Å². The van der Waals surface area contributed by atoms with Crippen molar-refractivity contribution in [3.8, 4) is 22.6 Å². The van der Waals surface area contributed by atoms with E-state index >= 15 is 0 Å². The van der Waals surface area contributed by atoms with Crippen LogP contribution in [0.1, 0.15) is 0 Å². The van der Waals surface area contributed by atoms with Crippen molar-refractivity contribution < 1.29 is 14.3 Å². The van der Waals surface area contributed by atoms with Gasteiger partial charge in [-0.05, 0) is 29.8 Å². The zero-order chi connectivity index (χ0) is 14.1. The lowest BCUT2D eigenvalue weighted by Gasteiger charge is -2.05. The van der Waals surface area contributed by atoms with Crippen molar-refractivity contribution in [3.05, 3.63) is 59.0 Å². The molecule has 100 valence electrons. The van der Waals surface area contributed by atoms with Gasteiger partial charge in [0.2, 0.25) is 0 Å². The molecule has 0 aliphatic carbocycles. The molecule has 4 nitrogen and oxygen atoms in total. The largest absolute Gasteiger partial charge is 0.504 e. The van der Waals surface area contributed by atoms with E-state index in [9.17, 15) is 9.90 Å². The van der Waals surface area contributed by atoms with Gasteiger partial charge in [0.25, 0.3) is 0 Å². The third kappa shape index (κ3) is 2.01. The summed E-state index contributed by atoms with van der Waals surface area (Å²) in [6.45, 7) is 0. The zero-order valence-electron chi connectivity index (χ0n) is 10.8. The Morgan fingerprint density at radius 3 is 2.55 bits per heavy atom. The van der Waals surface area contributed by atoms with Crippen LogP contribution in [0.2, 0.25) is 0 Å². The molecule has 0 saturated heterocycles. The van der Waals surface area contributed by atoms with Crippen LogP contribution in [0.4, 0.5) is 0 Å². The molecule has 0 saturated carbocycles. The highest BCUT2D eigenvalue weighted by atomic mass is 16.5. The minimum atomic E-state index is -0.482. The smallest absolute Gasteiger partial charge is 0.344 e. The molecule has 0 spiro atoms. The molecule has 1 aromatic heterocycles. The van der Waals surface area contributed by atoms with Crippen LogP contribution < -0.4 is 10.4 Å². The van der Waals surface area contributed by atoms with Gasteiger partial charge in [0.05, 0.1) is 12.7 Å². The minimum Gasteiger partial charge on any atom is -0.504 e. The van der Waals surface area contributed by atoms with E-state index in [4.69, 9.17) is 9.15 Å². The van der Waals surface area contributed by atoms with E-state index in [0.29, 0.717) is 10.9 Å². The van der Waals surface area contributed by atoms with E-state index in [0.717, 1.165) is 11.3 Å². The van der Waals surface area contributed by atoms with E-state index in [2.05, 4.69) is 0 Å². The van der Waals surface area contributed by atoms with Gasteiger partial charge in [-0.2, -0.15) is 0 Å². The summed E-state index contributed by atoms with van der Waals surface area (Å²) in [4.78, 5) is 12.0. The number of phenolic OH excluding ortho intramolecular Hbond substituents is 1. The summed E-state index contributed by atoms with van der Waals surface area (Å²) in [5.74, 6) is 0.678. The SMILES string of the molecule is COc1ccc(-c2cc3cccc(O)c3oc2=O)cc1. The average Bonchev–Trinajstić information content (AvgIpc) is 2.48. The van der Waals surface area contributed by atoms with Crippen molar-refractivity contribution >= 4 is 11.0 Å². The molecule has 3 aromatic rings. The predicted molar refractivity (Wildman–Crippen MR) is 76.1 cm³/mol. The molecule has 4 heteroatoms. The minimum absolute atomic E-state index is 0.0409. The summed E-state index contributed by atoms with van der Waals surface area (Å²) in [6.07, 6.45) is 0. The Morgan fingerprint density at radius 2 is 1.85 bits per heavy atom. The molecule has 0 unspecified atom stereocenters. The molecule has 1 heterocycles. The quantitative estimate of drug-likeness (QED) is 0.725. The summed E-state index contributed by atoms with van der Waals surface area (Å²) in [5, 5.41) is 10.4. The Labute approximate surface area is 114 Å². The monoisotopic (exact) mass is 268 g/mol. The highest BCUT2D eigenvalue weighted by Crippen LogP contribution is 2.27. The number of hydrogen-bond donors (Lipinski definition) is 1. The van der Waals surface area contributed by atoms with Crippen molar-refractivity contribution in [1.29, 1.82) is 0 Å². The maximum atomic E-state index is 12.0.